The van der Waals surface area contributed by atoms with E-state index in [2.05, 4.69) is 9.97 Å². The Morgan fingerprint density at radius 3 is 2.13 bits per heavy atom. The lowest BCUT2D eigenvalue weighted by Crippen LogP contribution is -2.45. The van der Waals surface area contributed by atoms with Gasteiger partial charge in [-0.2, -0.15) is 0 Å². The average Bonchev–Trinajstić information content (AvgIpc) is 2.15. The molecule has 0 amide bonds. The van der Waals surface area contributed by atoms with Crippen LogP contribution in [0.25, 0.3) is 0 Å². The van der Waals surface area contributed by atoms with Crippen LogP contribution in [0.3, 0.4) is 0 Å². The summed E-state index contributed by atoms with van der Waals surface area (Å²) >= 11 is 0. The molecule has 1 N–H and O–H groups in total. The summed E-state index contributed by atoms with van der Waals surface area (Å²) in [6, 6.07) is 1.93. The maximum Gasteiger partial charge on any atom is 0.226 e. The third kappa shape index (κ3) is 2.65. The van der Waals surface area contributed by atoms with Crippen LogP contribution in [-0.2, 0) is 0 Å². The Bertz CT molecular complexity index is 329. The highest BCUT2D eigenvalue weighted by molar-refractivity contribution is 5.34. The molecule has 0 radical (unpaired) electrons. The van der Waals surface area contributed by atoms with E-state index < -0.39 is 0 Å². The van der Waals surface area contributed by atoms with Crippen LogP contribution in [0.2, 0.25) is 0 Å². The van der Waals surface area contributed by atoms with Crippen molar-refractivity contribution in [1.29, 1.82) is 0 Å². The smallest absolute Gasteiger partial charge is 0.226 e. The molecule has 1 rings (SSSR count). The van der Waals surface area contributed by atoms with Crippen LogP contribution in [0.5, 0.6) is 0 Å². The zero-order valence-corrected chi connectivity index (χ0v) is 10.1. The molecule has 0 bridgehead atoms. The summed E-state index contributed by atoms with van der Waals surface area (Å²) in [5, 5.41) is 9.27. The van der Waals surface area contributed by atoms with Crippen molar-refractivity contribution in [2.45, 2.75) is 33.2 Å². The minimum atomic E-state index is -0.347. The van der Waals surface area contributed by atoms with Crippen molar-refractivity contribution in [2.24, 2.45) is 0 Å². The monoisotopic (exact) mass is 209 g/mol. The summed E-state index contributed by atoms with van der Waals surface area (Å²) in [4.78, 5) is 10.6. The lowest BCUT2D eigenvalue weighted by atomic mass is 10.1. The van der Waals surface area contributed by atoms with Gasteiger partial charge in [-0.1, -0.05) is 0 Å². The number of hydrogen-bond donors (Lipinski definition) is 1. The number of nitrogens with zero attached hydrogens (tertiary/aromatic N) is 3. The van der Waals surface area contributed by atoms with E-state index in [1.165, 1.54) is 0 Å². The normalized spacial score (nSPS) is 11.6. The Hall–Kier alpha value is -1.16. The van der Waals surface area contributed by atoms with Gasteiger partial charge in [0.1, 0.15) is 0 Å². The number of hydrogen-bond acceptors (Lipinski definition) is 4. The number of likely N-dealkylation sites (N-methyl/N-ethyl adjacent to an activating group) is 1. The van der Waals surface area contributed by atoms with Crippen molar-refractivity contribution in [3.63, 3.8) is 0 Å². The molecule has 15 heavy (non-hydrogen) atoms. The number of aryl methyl sites for hydroxylation is 2. The Kier molecular flexibility index (Phi) is 3.29. The van der Waals surface area contributed by atoms with E-state index in [1.54, 1.807) is 0 Å². The third-order valence-corrected chi connectivity index (χ3v) is 2.57. The maximum absolute atomic E-state index is 9.27. The summed E-state index contributed by atoms with van der Waals surface area (Å²) in [6.07, 6.45) is 0. The summed E-state index contributed by atoms with van der Waals surface area (Å²) in [6.45, 7) is 7.86. The Balaban J connectivity index is 3.06. The minimum absolute atomic E-state index is 0.0693. The fourth-order valence-electron chi connectivity index (χ4n) is 1.23. The number of anilines is 1. The average molecular weight is 209 g/mol. The predicted octanol–water partition coefficient (Wildman–Crippen LogP) is 1.30. The molecule has 1 aromatic rings. The third-order valence-electron chi connectivity index (χ3n) is 2.57. The van der Waals surface area contributed by atoms with E-state index in [0.717, 1.165) is 11.4 Å². The van der Waals surface area contributed by atoms with Gasteiger partial charge in [-0.15, -0.1) is 0 Å². The van der Waals surface area contributed by atoms with Crippen LogP contribution in [-0.4, -0.2) is 34.3 Å². The van der Waals surface area contributed by atoms with Gasteiger partial charge < -0.3 is 10.0 Å². The fourth-order valence-corrected chi connectivity index (χ4v) is 1.23. The Morgan fingerprint density at radius 1 is 1.27 bits per heavy atom. The fraction of sp³-hybridized carbons (Fsp3) is 0.636. The summed E-state index contributed by atoms with van der Waals surface area (Å²) in [5.41, 5.74) is 1.54. The molecule has 0 fully saturated rings. The molecule has 0 saturated heterocycles. The van der Waals surface area contributed by atoms with E-state index in [0.29, 0.717) is 5.95 Å². The topological polar surface area (TPSA) is 49.2 Å². The molecule has 0 aliphatic carbocycles. The van der Waals surface area contributed by atoms with E-state index in [9.17, 15) is 5.11 Å². The first kappa shape index (κ1) is 11.9. The molecule has 1 aromatic heterocycles. The van der Waals surface area contributed by atoms with Crippen LogP contribution < -0.4 is 4.90 Å². The number of aliphatic hydroxyl groups excluding tert-OH is 1. The van der Waals surface area contributed by atoms with Gasteiger partial charge in [-0.25, -0.2) is 9.97 Å². The van der Waals surface area contributed by atoms with Gasteiger partial charge in [0.2, 0.25) is 5.95 Å². The van der Waals surface area contributed by atoms with Crippen LogP contribution in [0, 0.1) is 13.8 Å². The largest absolute Gasteiger partial charge is 0.394 e. The second-order valence-electron chi connectivity index (χ2n) is 4.48. The molecule has 0 spiro atoms. The highest BCUT2D eigenvalue weighted by Gasteiger charge is 2.24. The molecule has 4 heteroatoms. The Morgan fingerprint density at radius 2 is 1.73 bits per heavy atom. The van der Waals surface area contributed by atoms with Crippen molar-refractivity contribution >= 4 is 5.95 Å². The van der Waals surface area contributed by atoms with Crippen LogP contribution in [0.4, 0.5) is 5.95 Å². The highest BCUT2D eigenvalue weighted by Crippen LogP contribution is 2.18. The molecule has 0 unspecified atom stereocenters. The molecule has 0 aliphatic heterocycles. The van der Waals surface area contributed by atoms with E-state index >= 15 is 0 Å². The summed E-state index contributed by atoms with van der Waals surface area (Å²) in [7, 11) is 1.89. The van der Waals surface area contributed by atoms with Crippen molar-refractivity contribution < 1.29 is 5.11 Å². The van der Waals surface area contributed by atoms with Gasteiger partial charge in [-0.05, 0) is 33.8 Å². The number of aliphatic hydroxyl groups is 1. The number of rotatable bonds is 3. The molecule has 4 nitrogen and oxygen atoms in total. The van der Waals surface area contributed by atoms with Gasteiger partial charge in [0, 0.05) is 18.4 Å². The Labute approximate surface area is 91.0 Å². The van der Waals surface area contributed by atoms with Gasteiger partial charge in [0.25, 0.3) is 0 Å². The first-order valence-electron chi connectivity index (χ1n) is 5.04. The molecular weight excluding hydrogens is 190 g/mol. The van der Waals surface area contributed by atoms with Gasteiger partial charge >= 0.3 is 0 Å². The first-order valence-corrected chi connectivity index (χ1v) is 5.04. The van der Waals surface area contributed by atoms with Crippen molar-refractivity contribution in [3.05, 3.63) is 17.5 Å². The first-order chi connectivity index (χ1) is 6.86. The molecule has 0 atom stereocenters. The summed E-state index contributed by atoms with van der Waals surface area (Å²) < 4.78 is 0. The lowest BCUT2D eigenvalue weighted by molar-refractivity contribution is 0.215. The van der Waals surface area contributed by atoms with E-state index in [1.807, 2.05) is 45.7 Å². The quantitative estimate of drug-likeness (QED) is 0.815. The molecule has 0 saturated carbocycles. The van der Waals surface area contributed by atoms with E-state index in [-0.39, 0.29) is 12.1 Å². The molecule has 84 valence electrons. The minimum Gasteiger partial charge on any atom is -0.394 e. The van der Waals surface area contributed by atoms with Gasteiger partial charge in [0.15, 0.2) is 0 Å². The summed E-state index contributed by atoms with van der Waals surface area (Å²) in [5.74, 6) is 0.659. The molecule has 0 aliphatic rings. The zero-order chi connectivity index (χ0) is 11.6. The second-order valence-corrected chi connectivity index (χ2v) is 4.48. The van der Waals surface area contributed by atoms with Crippen molar-refractivity contribution in [2.75, 3.05) is 18.6 Å². The maximum atomic E-state index is 9.27. The van der Waals surface area contributed by atoms with Crippen molar-refractivity contribution in [3.8, 4) is 0 Å². The SMILES string of the molecule is Cc1cc(C)nc(N(C)C(C)(C)CO)n1. The van der Waals surface area contributed by atoms with Crippen molar-refractivity contribution in [1.82, 2.24) is 9.97 Å². The molecular formula is C11H19N3O. The lowest BCUT2D eigenvalue weighted by Gasteiger charge is -2.34. The van der Waals surface area contributed by atoms with Crippen LogP contribution in [0.15, 0.2) is 6.07 Å². The second kappa shape index (κ2) is 4.14. The van der Waals surface area contributed by atoms with Gasteiger partial charge in [0.05, 0.1) is 12.1 Å². The predicted molar refractivity (Wildman–Crippen MR) is 61.1 cm³/mol. The zero-order valence-electron chi connectivity index (χ0n) is 10.1. The highest BCUT2D eigenvalue weighted by atomic mass is 16.3. The number of aromatic nitrogens is 2. The molecule has 1 heterocycles. The van der Waals surface area contributed by atoms with Crippen LogP contribution >= 0.6 is 0 Å². The van der Waals surface area contributed by atoms with Gasteiger partial charge in [-0.3, -0.25) is 0 Å². The molecule has 0 aromatic carbocycles. The van der Waals surface area contributed by atoms with E-state index in [4.69, 9.17) is 0 Å². The standard InChI is InChI=1S/C11H19N3O/c1-8-6-9(2)13-10(12-8)14(5)11(3,4)7-15/h6,15H,7H2,1-5H3. The van der Waals surface area contributed by atoms with Crippen LogP contribution in [0.1, 0.15) is 25.2 Å².